The van der Waals surface area contributed by atoms with Gasteiger partial charge in [0.1, 0.15) is 5.76 Å². The highest BCUT2D eigenvalue weighted by atomic mass is 16.5. The molecule has 1 aromatic carbocycles. The molecule has 0 fully saturated rings. The smallest absolute Gasteiger partial charge is 0.220 e. The van der Waals surface area contributed by atoms with Gasteiger partial charge in [-0.1, -0.05) is 12.1 Å². The Balaban J connectivity index is 1.73. The number of anilines is 1. The molecule has 6 nitrogen and oxygen atoms in total. The second-order valence-electron chi connectivity index (χ2n) is 5.97. The number of fused-ring (bicyclic) bond motifs is 1. The fourth-order valence-corrected chi connectivity index (χ4v) is 3.43. The first-order valence-corrected chi connectivity index (χ1v) is 7.93. The number of benzene rings is 1. The quantitative estimate of drug-likeness (QED) is 0.639. The van der Waals surface area contributed by atoms with Crippen molar-refractivity contribution in [3.8, 4) is 22.6 Å². The Morgan fingerprint density at radius 1 is 1.29 bits per heavy atom. The number of hydrogen-bond donors (Lipinski definition) is 3. The summed E-state index contributed by atoms with van der Waals surface area (Å²) >= 11 is 0. The minimum atomic E-state index is 0.243. The van der Waals surface area contributed by atoms with E-state index in [-0.39, 0.29) is 5.95 Å². The Labute approximate surface area is 139 Å². The lowest BCUT2D eigenvalue weighted by molar-refractivity contribution is 0.159. The molecule has 122 valence electrons. The van der Waals surface area contributed by atoms with E-state index >= 15 is 0 Å². The highest BCUT2D eigenvalue weighted by molar-refractivity contribution is 5.78. The zero-order chi connectivity index (χ0) is 16.5. The number of aryl methyl sites for hydroxylation is 1. The van der Waals surface area contributed by atoms with Crippen LogP contribution in [0.4, 0.5) is 5.95 Å². The van der Waals surface area contributed by atoms with Crippen molar-refractivity contribution in [3.05, 3.63) is 53.9 Å². The third-order valence-corrected chi connectivity index (χ3v) is 4.56. The van der Waals surface area contributed by atoms with Gasteiger partial charge in [-0.25, -0.2) is 15.4 Å². The van der Waals surface area contributed by atoms with Gasteiger partial charge in [-0.3, -0.25) is 0 Å². The summed E-state index contributed by atoms with van der Waals surface area (Å²) in [6.07, 6.45) is 5.35. The summed E-state index contributed by atoms with van der Waals surface area (Å²) in [4.78, 5) is 8.22. The minimum absolute atomic E-state index is 0.243. The van der Waals surface area contributed by atoms with E-state index in [1.807, 2.05) is 12.1 Å². The molecule has 1 unspecified atom stereocenters. The summed E-state index contributed by atoms with van der Waals surface area (Å²) in [5.74, 6) is 1.38. The number of rotatable bonds is 4. The highest BCUT2D eigenvalue weighted by Crippen LogP contribution is 2.38. The van der Waals surface area contributed by atoms with Gasteiger partial charge in [0.2, 0.25) is 5.95 Å². The van der Waals surface area contributed by atoms with Crippen LogP contribution in [0.25, 0.3) is 22.6 Å². The Hall–Kier alpha value is -2.70. The number of nitrogens with one attached hydrogen (secondary N) is 1. The first kappa shape index (κ1) is 14.9. The average molecular weight is 322 g/mol. The number of nitrogens with zero attached hydrogens (tertiary/aromatic N) is 2. The molecule has 4 N–H and O–H groups in total. The molecule has 0 amide bonds. The van der Waals surface area contributed by atoms with Crippen LogP contribution in [0.5, 0.6) is 0 Å². The largest absolute Gasteiger partial charge is 0.464 e. The fourth-order valence-electron chi connectivity index (χ4n) is 3.43. The summed E-state index contributed by atoms with van der Waals surface area (Å²) in [5, 5.41) is 8.95. The van der Waals surface area contributed by atoms with Crippen LogP contribution in [0.2, 0.25) is 0 Å². The van der Waals surface area contributed by atoms with E-state index in [1.165, 1.54) is 11.1 Å². The monoisotopic (exact) mass is 322 g/mol. The molecule has 0 saturated heterocycles. The Kier molecular flexibility index (Phi) is 3.76. The molecule has 6 heteroatoms. The van der Waals surface area contributed by atoms with E-state index in [4.69, 9.17) is 15.4 Å². The van der Waals surface area contributed by atoms with Crippen molar-refractivity contribution < 1.29 is 9.62 Å². The first-order valence-electron chi connectivity index (χ1n) is 7.93. The molecular formula is C18H18N4O2. The van der Waals surface area contributed by atoms with Crippen molar-refractivity contribution in [2.24, 2.45) is 0 Å². The van der Waals surface area contributed by atoms with Crippen molar-refractivity contribution in [3.63, 3.8) is 0 Å². The van der Waals surface area contributed by atoms with Crippen molar-refractivity contribution in [2.45, 2.75) is 18.8 Å². The highest BCUT2D eigenvalue weighted by Gasteiger charge is 2.23. The van der Waals surface area contributed by atoms with Crippen LogP contribution in [-0.2, 0) is 6.42 Å². The maximum absolute atomic E-state index is 8.95. The van der Waals surface area contributed by atoms with Gasteiger partial charge >= 0.3 is 0 Å². The Morgan fingerprint density at radius 2 is 2.21 bits per heavy atom. The van der Waals surface area contributed by atoms with Gasteiger partial charge in [-0.05, 0) is 48.1 Å². The van der Waals surface area contributed by atoms with E-state index < -0.39 is 0 Å². The van der Waals surface area contributed by atoms with E-state index in [2.05, 4.69) is 33.6 Å². The number of hydrogen-bond acceptors (Lipinski definition) is 6. The second kappa shape index (κ2) is 6.07. The van der Waals surface area contributed by atoms with E-state index in [0.29, 0.717) is 12.5 Å². The normalized spacial score (nSPS) is 16.3. The zero-order valence-corrected chi connectivity index (χ0v) is 13.1. The predicted octanol–water partition coefficient (Wildman–Crippen LogP) is 2.99. The molecular weight excluding hydrogens is 304 g/mol. The summed E-state index contributed by atoms with van der Waals surface area (Å²) in [7, 11) is 0. The van der Waals surface area contributed by atoms with Gasteiger partial charge in [0.25, 0.3) is 0 Å². The van der Waals surface area contributed by atoms with Crippen LogP contribution in [0, 0.1) is 0 Å². The lowest BCUT2D eigenvalue weighted by atomic mass is 9.98. The molecule has 1 aliphatic carbocycles. The number of nitrogen functional groups attached to an aromatic ring is 1. The second-order valence-corrected chi connectivity index (χ2v) is 5.97. The zero-order valence-electron chi connectivity index (χ0n) is 13.1. The van der Waals surface area contributed by atoms with Crippen LogP contribution < -0.4 is 11.2 Å². The molecule has 1 atom stereocenters. The first-order chi connectivity index (χ1) is 11.8. The van der Waals surface area contributed by atoms with Gasteiger partial charge < -0.3 is 15.4 Å². The van der Waals surface area contributed by atoms with Gasteiger partial charge in [-0.15, -0.1) is 0 Å². The number of furan rings is 1. The maximum atomic E-state index is 8.95. The summed E-state index contributed by atoms with van der Waals surface area (Å²) in [6.45, 7) is 0.582. The lowest BCUT2D eigenvalue weighted by Gasteiger charge is -2.10. The van der Waals surface area contributed by atoms with Crippen LogP contribution in [0.15, 0.2) is 47.2 Å². The van der Waals surface area contributed by atoms with Crippen molar-refractivity contribution in [1.29, 1.82) is 0 Å². The lowest BCUT2D eigenvalue weighted by Crippen LogP contribution is -2.15. The molecule has 2 heterocycles. The number of hydroxylamine groups is 1. The molecule has 4 rings (SSSR count). The predicted molar refractivity (Wildman–Crippen MR) is 90.4 cm³/mol. The van der Waals surface area contributed by atoms with Crippen LogP contribution in [0.3, 0.4) is 0 Å². The van der Waals surface area contributed by atoms with Crippen molar-refractivity contribution in [2.75, 3.05) is 12.3 Å². The molecule has 0 bridgehead atoms. The van der Waals surface area contributed by atoms with E-state index in [1.54, 1.807) is 12.5 Å². The van der Waals surface area contributed by atoms with Gasteiger partial charge in [0.05, 0.1) is 12.0 Å². The number of aromatic nitrogens is 2. The molecule has 0 saturated carbocycles. The molecule has 24 heavy (non-hydrogen) atoms. The minimum Gasteiger partial charge on any atom is -0.464 e. The van der Waals surface area contributed by atoms with Crippen LogP contribution in [-0.4, -0.2) is 21.7 Å². The van der Waals surface area contributed by atoms with Crippen molar-refractivity contribution >= 4 is 5.95 Å². The summed E-state index contributed by atoms with van der Waals surface area (Å²) in [5.41, 5.74) is 13.2. The SMILES string of the molecule is Nc1nccc(-c2ccoc2-c2ccc3c(c2)CCC3CNO)n1. The van der Waals surface area contributed by atoms with E-state index in [0.717, 1.165) is 35.4 Å². The van der Waals surface area contributed by atoms with Crippen LogP contribution in [0.1, 0.15) is 23.5 Å². The molecule has 1 aliphatic rings. The van der Waals surface area contributed by atoms with Gasteiger partial charge in [0, 0.05) is 23.9 Å². The molecule has 3 aromatic rings. The molecule has 0 aliphatic heterocycles. The Bertz CT molecular complexity index is 875. The molecule has 2 aromatic heterocycles. The average Bonchev–Trinajstić information content (AvgIpc) is 3.22. The Morgan fingerprint density at radius 3 is 3.04 bits per heavy atom. The van der Waals surface area contributed by atoms with Crippen LogP contribution >= 0.6 is 0 Å². The third kappa shape index (κ3) is 2.55. The van der Waals surface area contributed by atoms with Gasteiger partial charge in [-0.2, -0.15) is 0 Å². The van der Waals surface area contributed by atoms with E-state index in [9.17, 15) is 0 Å². The molecule has 0 spiro atoms. The number of nitrogens with two attached hydrogens (primary N) is 1. The van der Waals surface area contributed by atoms with Crippen molar-refractivity contribution in [1.82, 2.24) is 15.4 Å². The van der Waals surface area contributed by atoms with Gasteiger partial charge in [0.15, 0.2) is 0 Å². The molecule has 0 radical (unpaired) electrons. The summed E-state index contributed by atoms with van der Waals surface area (Å²) in [6, 6.07) is 10.1. The third-order valence-electron chi connectivity index (χ3n) is 4.56. The topological polar surface area (TPSA) is 97.2 Å². The fraction of sp³-hybridized carbons (Fsp3) is 0.222. The summed E-state index contributed by atoms with van der Waals surface area (Å²) < 4.78 is 5.73. The standard InChI is InChI=1S/C18H18N4O2/c19-18-20-7-5-16(22-18)15-6-8-24-17(15)12-3-4-14-11(9-12)1-2-13(14)10-21-23/h3-9,13,21,23H,1-2,10H2,(H2,19,20,22). The maximum Gasteiger partial charge on any atom is 0.220 e.